The van der Waals surface area contributed by atoms with Crippen molar-refractivity contribution in [3.8, 4) is 45.3 Å². The summed E-state index contributed by atoms with van der Waals surface area (Å²) in [5, 5.41) is 10.4. The van der Waals surface area contributed by atoms with E-state index in [9.17, 15) is 5.11 Å². The minimum absolute atomic E-state index is 0.222. The van der Waals surface area contributed by atoms with E-state index in [-0.39, 0.29) is 5.75 Å². The fraction of sp³-hybridized carbons (Fsp3) is 0.167. The Hall–Kier alpha value is -4.70. The Morgan fingerprint density at radius 1 is 0.600 bits per heavy atom. The first-order chi connectivity index (χ1) is 19.4. The Labute approximate surface area is 235 Å². The number of phenolic OH excluding ortho intramolecular Hbond substituents is 1. The largest absolute Gasteiger partial charge is 0.507 e. The van der Waals surface area contributed by atoms with Crippen LogP contribution in [0.1, 0.15) is 50.7 Å². The quantitative estimate of drug-likeness (QED) is 0.237. The minimum Gasteiger partial charge on any atom is -0.507 e. The molecular formula is C36H33N3O. The fourth-order valence-corrected chi connectivity index (χ4v) is 5.47. The van der Waals surface area contributed by atoms with Crippen LogP contribution in [0.25, 0.3) is 50.6 Å². The molecule has 0 aliphatic rings. The van der Waals surface area contributed by atoms with Gasteiger partial charge in [0.05, 0.1) is 28.1 Å². The number of para-hydroxylation sites is 4. The molecular weight excluding hydrogens is 490 g/mol. The van der Waals surface area contributed by atoms with Gasteiger partial charge in [0.2, 0.25) is 0 Å². The van der Waals surface area contributed by atoms with E-state index in [0.717, 1.165) is 39.4 Å². The number of benzene rings is 4. The zero-order valence-corrected chi connectivity index (χ0v) is 23.3. The number of rotatable bonds is 6. The highest BCUT2D eigenvalue weighted by Gasteiger charge is 2.22. The molecule has 0 bridgehead atoms. The predicted molar refractivity (Wildman–Crippen MR) is 165 cm³/mol. The molecule has 0 radical (unpaired) electrons. The zero-order chi connectivity index (χ0) is 27.8. The molecule has 0 saturated carbocycles. The molecule has 0 saturated heterocycles. The Balaban J connectivity index is 1.56. The molecule has 0 amide bonds. The molecule has 2 aromatic heterocycles. The van der Waals surface area contributed by atoms with Crippen molar-refractivity contribution in [2.45, 2.75) is 39.5 Å². The summed E-state index contributed by atoms with van der Waals surface area (Å²) in [7, 11) is 0. The molecule has 2 heterocycles. The van der Waals surface area contributed by atoms with E-state index in [4.69, 9.17) is 9.97 Å². The molecule has 6 rings (SSSR count). The average molecular weight is 524 g/mol. The molecule has 198 valence electrons. The smallest absolute Gasteiger partial charge is 0.145 e. The van der Waals surface area contributed by atoms with Gasteiger partial charge in [0.25, 0.3) is 0 Å². The van der Waals surface area contributed by atoms with Gasteiger partial charge in [0, 0.05) is 16.7 Å². The summed E-state index contributed by atoms with van der Waals surface area (Å²) in [6, 6.07) is 36.7. The van der Waals surface area contributed by atoms with Crippen LogP contribution in [0.2, 0.25) is 0 Å². The number of pyridine rings is 1. The number of nitrogens with zero attached hydrogens (tertiary/aromatic N) is 3. The molecule has 0 aliphatic heterocycles. The Morgan fingerprint density at radius 3 is 1.98 bits per heavy atom. The zero-order valence-electron chi connectivity index (χ0n) is 23.3. The second kappa shape index (κ2) is 10.5. The van der Waals surface area contributed by atoms with Crippen molar-refractivity contribution in [2.75, 3.05) is 0 Å². The second-order valence-electron chi connectivity index (χ2n) is 10.9. The molecule has 0 aliphatic carbocycles. The van der Waals surface area contributed by atoms with Gasteiger partial charge in [-0.15, -0.1) is 0 Å². The number of hydrogen-bond donors (Lipinski definition) is 1. The molecule has 4 aromatic carbocycles. The Bertz CT molecular complexity index is 1800. The lowest BCUT2D eigenvalue weighted by atomic mass is 9.92. The normalized spacial score (nSPS) is 11.6. The number of imidazole rings is 1. The maximum absolute atomic E-state index is 10.4. The van der Waals surface area contributed by atoms with E-state index < -0.39 is 0 Å². The third kappa shape index (κ3) is 4.56. The monoisotopic (exact) mass is 523 g/mol. The number of aromatic hydroxyl groups is 1. The van der Waals surface area contributed by atoms with Gasteiger partial charge in [0.1, 0.15) is 11.6 Å². The summed E-state index contributed by atoms with van der Waals surface area (Å²) in [5.41, 5.74) is 10.2. The highest BCUT2D eigenvalue weighted by Crippen LogP contribution is 2.38. The Kier molecular flexibility index (Phi) is 6.69. The van der Waals surface area contributed by atoms with Crippen LogP contribution in [0.3, 0.4) is 0 Å². The van der Waals surface area contributed by atoms with E-state index >= 15 is 0 Å². The summed E-state index contributed by atoms with van der Waals surface area (Å²) in [6.07, 6.45) is 0. The van der Waals surface area contributed by atoms with Gasteiger partial charge in [0.15, 0.2) is 0 Å². The van der Waals surface area contributed by atoms with Gasteiger partial charge in [-0.2, -0.15) is 0 Å². The molecule has 6 aromatic rings. The van der Waals surface area contributed by atoms with Crippen LogP contribution < -0.4 is 0 Å². The number of phenols is 1. The SMILES string of the molecule is CC(C)c1cccc(C(C)C)c1-n1c(-c2cccc(-c3cccc(-c4ccccc4O)n3)c2)nc2ccccc21. The lowest BCUT2D eigenvalue weighted by Crippen LogP contribution is -2.08. The first-order valence-electron chi connectivity index (χ1n) is 13.9. The van der Waals surface area contributed by atoms with Crippen molar-refractivity contribution >= 4 is 11.0 Å². The van der Waals surface area contributed by atoms with Gasteiger partial charge >= 0.3 is 0 Å². The minimum atomic E-state index is 0.222. The van der Waals surface area contributed by atoms with E-state index in [0.29, 0.717) is 17.4 Å². The second-order valence-corrected chi connectivity index (χ2v) is 10.9. The van der Waals surface area contributed by atoms with Gasteiger partial charge < -0.3 is 5.11 Å². The standard InChI is InChI=1S/C36H33N3O/c1-23(2)27-15-10-16-28(24(3)4)35(27)39-33-20-7-6-17-32(33)38-36(39)26-13-9-12-25(22-26)30-18-11-19-31(37-30)29-14-5-8-21-34(29)40/h5-24,40H,1-4H3. The highest BCUT2D eigenvalue weighted by molar-refractivity contribution is 5.85. The topological polar surface area (TPSA) is 50.9 Å². The van der Waals surface area contributed by atoms with Crippen molar-refractivity contribution in [1.29, 1.82) is 0 Å². The summed E-state index contributed by atoms with van der Waals surface area (Å²) in [4.78, 5) is 10.1. The van der Waals surface area contributed by atoms with Gasteiger partial charge in [-0.1, -0.05) is 94.4 Å². The van der Waals surface area contributed by atoms with Crippen molar-refractivity contribution in [3.05, 3.63) is 120 Å². The van der Waals surface area contributed by atoms with Crippen molar-refractivity contribution in [1.82, 2.24) is 14.5 Å². The lowest BCUT2D eigenvalue weighted by Gasteiger charge is -2.22. The summed E-state index contributed by atoms with van der Waals surface area (Å²) in [5.74, 6) is 1.85. The summed E-state index contributed by atoms with van der Waals surface area (Å²) in [6.45, 7) is 9.02. The van der Waals surface area contributed by atoms with Gasteiger partial charge in [-0.05, 0) is 65.4 Å². The highest BCUT2D eigenvalue weighted by atomic mass is 16.3. The number of fused-ring (bicyclic) bond motifs is 1. The fourth-order valence-electron chi connectivity index (χ4n) is 5.47. The maximum Gasteiger partial charge on any atom is 0.145 e. The van der Waals surface area contributed by atoms with Crippen LogP contribution in [0, 0.1) is 0 Å². The average Bonchev–Trinajstić information content (AvgIpc) is 3.36. The summed E-state index contributed by atoms with van der Waals surface area (Å²) >= 11 is 0. The molecule has 4 nitrogen and oxygen atoms in total. The number of hydrogen-bond acceptors (Lipinski definition) is 3. The van der Waals surface area contributed by atoms with E-state index in [1.54, 1.807) is 6.07 Å². The van der Waals surface area contributed by atoms with Crippen LogP contribution in [0.5, 0.6) is 5.75 Å². The Morgan fingerprint density at radius 2 is 1.23 bits per heavy atom. The molecule has 0 atom stereocenters. The molecule has 0 spiro atoms. The molecule has 0 unspecified atom stereocenters. The predicted octanol–water partition coefficient (Wildman–Crippen LogP) is 9.37. The molecule has 4 heteroatoms. The third-order valence-electron chi connectivity index (χ3n) is 7.47. The van der Waals surface area contributed by atoms with E-state index in [1.165, 1.54) is 16.8 Å². The van der Waals surface area contributed by atoms with Crippen LogP contribution in [0.15, 0.2) is 109 Å². The number of aromatic nitrogens is 3. The van der Waals surface area contributed by atoms with Crippen LogP contribution in [-0.2, 0) is 0 Å². The van der Waals surface area contributed by atoms with E-state index in [1.807, 2.05) is 42.5 Å². The molecule has 1 N–H and O–H groups in total. The molecule has 40 heavy (non-hydrogen) atoms. The van der Waals surface area contributed by atoms with Crippen LogP contribution in [-0.4, -0.2) is 19.6 Å². The van der Waals surface area contributed by atoms with Gasteiger partial charge in [-0.25, -0.2) is 9.97 Å². The molecule has 0 fully saturated rings. The first kappa shape index (κ1) is 25.6. The summed E-state index contributed by atoms with van der Waals surface area (Å²) < 4.78 is 2.35. The maximum atomic E-state index is 10.4. The van der Waals surface area contributed by atoms with Crippen molar-refractivity contribution < 1.29 is 5.11 Å². The van der Waals surface area contributed by atoms with Crippen LogP contribution >= 0.6 is 0 Å². The van der Waals surface area contributed by atoms with E-state index in [2.05, 4.69) is 92.9 Å². The lowest BCUT2D eigenvalue weighted by molar-refractivity contribution is 0.477. The van der Waals surface area contributed by atoms with Crippen molar-refractivity contribution in [3.63, 3.8) is 0 Å². The van der Waals surface area contributed by atoms with Crippen molar-refractivity contribution in [2.24, 2.45) is 0 Å². The third-order valence-corrected chi connectivity index (χ3v) is 7.47. The first-order valence-corrected chi connectivity index (χ1v) is 13.9. The van der Waals surface area contributed by atoms with Crippen LogP contribution in [0.4, 0.5) is 0 Å². The van der Waals surface area contributed by atoms with Gasteiger partial charge in [-0.3, -0.25) is 4.57 Å².